The second-order valence-corrected chi connectivity index (χ2v) is 4.99. The highest BCUT2D eigenvalue weighted by molar-refractivity contribution is 6.31. The quantitative estimate of drug-likeness (QED) is 0.832. The van der Waals surface area contributed by atoms with Crippen molar-refractivity contribution in [1.29, 1.82) is 0 Å². The molecule has 2 nitrogen and oxygen atoms in total. The van der Waals surface area contributed by atoms with Gasteiger partial charge in [-0.3, -0.25) is 0 Å². The number of hydrogen-bond donors (Lipinski definition) is 2. The lowest BCUT2D eigenvalue weighted by atomic mass is 9.85. The molecule has 0 aliphatic carbocycles. The van der Waals surface area contributed by atoms with E-state index in [2.05, 4.69) is 18.3 Å². The van der Waals surface area contributed by atoms with Crippen LogP contribution in [0.1, 0.15) is 30.0 Å². The second kappa shape index (κ2) is 5.17. The van der Waals surface area contributed by atoms with Crippen LogP contribution in [0, 0.1) is 12.8 Å². The first-order valence-corrected chi connectivity index (χ1v) is 6.29. The first-order chi connectivity index (χ1) is 7.70. The van der Waals surface area contributed by atoms with Crippen LogP contribution < -0.4 is 11.1 Å². The molecule has 1 fully saturated rings. The molecule has 1 aromatic rings. The first kappa shape index (κ1) is 11.9. The zero-order valence-corrected chi connectivity index (χ0v) is 10.4. The second-order valence-electron chi connectivity index (χ2n) is 4.58. The van der Waals surface area contributed by atoms with Crippen LogP contribution in [-0.4, -0.2) is 13.1 Å². The summed E-state index contributed by atoms with van der Waals surface area (Å²) in [7, 11) is 0. The molecule has 1 aliphatic rings. The number of nitrogens with one attached hydrogen (secondary N) is 1. The van der Waals surface area contributed by atoms with Gasteiger partial charge in [-0.05, 0) is 56.0 Å². The molecule has 3 N–H and O–H groups in total. The predicted octanol–water partition coefficient (Wildman–Crippen LogP) is 2.65. The van der Waals surface area contributed by atoms with Crippen molar-refractivity contribution in [3.63, 3.8) is 0 Å². The zero-order valence-electron chi connectivity index (χ0n) is 9.67. The van der Waals surface area contributed by atoms with Crippen LogP contribution in [0.5, 0.6) is 0 Å². The van der Waals surface area contributed by atoms with Crippen LogP contribution in [0.2, 0.25) is 5.02 Å². The van der Waals surface area contributed by atoms with Crippen molar-refractivity contribution < 1.29 is 0 Å². The molecular formula is C13H19ClN2. The number of piperidine rings is 1. The van der Waals surface area contributed by atoms with Crippen molar-refractivity contribution in [2.24, 2.45) is 11.7 Å². The molecule has 1 saturated heterocycles. The van der Waals surface area contributed by atoms with Gasteiger partial charge in [0.05, 0.1) is 0 Å². The third-order valence-electron chi connectivity index (χ3n) is 3.50. The molecule has 0 saturated carbocycles. The van der Waals surface area contributed by atoms with Crippen molar-refractivity contribution in [3.8, 4) is 0 Å². The number of halogens is 1. The van der Waals surface area contributed by atoms with Crippen molar-refractivity contribution in [2.45, 2.75) is 25.8 Å². The fourth-order valence-electron chi connectivity index (χ4n) is 2.51. The van der Waals surface area contributed by atoms with Gasteiger partial charge < -0.3 is 11.1 Å². The summed E-state index contributed by atoms with van der Waals surface area (Å²) in [5, 5.41) is 4.17. The number of rotatable bonds is 2. The van der Waals surface area contributed by atoms with E-state index < -0.39 is 0 Å². The minimum absolute atomic E-state index is 0.0794. The first-order valence-electron chi connectivity index (χ1n) is 5.91. The Bertz CT molecular complexity index is 339. The molecule has 1 atom stereocenters. The molecule has 0 amide bonds. The average molecular weight is 239 g/mol. The highest BCUT2D eigenvalue weighted by Crippen LogP contribution is 2.33. The maximum absolute atomic E-state index is 6.36. The summed E-state index contributed by atoms with van der Waals surface area (Å²) in [6.07, 6.45) is 2.29. The van der Waals surface area contributed by atoms with Crippen molar-refractivity contribution >= 4 is 11.6 Å². The van der Waals surface area contributed by atoms with Gasteiger partial charge in [-0.25, -0.2) is 0 Å². The largest absolute Gasteiger partial charge is 0.324 e. The van der Waals surface area contributed by atoms with Gasteiger partial charge in [0.2, 0.25) is 0 Å². The summed E-state index contributed by atoms with van der Waals surface area (Å²) in [4.78, 5) is 0. The number of aryl methyl sites for hydroxylation is 1. The molecule has 2 rings (SSSR count). The van der Waals surface area contributed by atoms with E-state index in [0.717, 1.165) is 36.5 Å². The summed E-state index contributed by atoms with van der Waals surface area (Å²) >= 11 is 6.25. The predicted molar refractivity (Wildman–Crippen MR) is 68.7 cm³/mol. The van der Waals surface area contributed by atoms with Gasteiger partial charge in [0.25, 0.3) is 0 Å². The maximum Gasteiger partial charge on any atom is 0.0456 e. The van der Waals surface area contributed by atoms with Crippen molar-refractivity contribution in [3.05, 3.63) is 34.3 Å². The molecule has 0 radical (unpaired) electrons. The fourth-order valence-corrected chi connectivity index (χ4v) is 2.85. The summed E-state index contributed by atoms with van der Waals surface area (Å²) in [6.45, 7) is 4.23. The highest BCUT2D eigenvalue weighted by Gasteiger charge is 2.24. The third-order valence-corrected chi connectivity index (χ3v) is 3.83. The van der Waals surface area contributed by atoms with Crippen LogP contribution in [0.25, 0.3) is 0 Å². The van der Waals surface area contributed by atoms with Crippen LogP contribution in [0.4, 0.5) is 0 Å². The standard InChI is InChI=1S/C13H19ClN2/c1-9-3-2-4-11(14)12(9)13(15)10-5-7-16-8-6-10/h2-4,10,13,16H,5-8,15H2,1H3/t13-/m1/s1. The Morgan fingerprint density at radius 1 is 1.38 bits per heavy atom. The van der Waals surface area contributed by atoms with E-state index in [-0.39, 0.29) is 6.04 Å². The number of nitrogens with two attached hydrogens (primary N) is 1. The van der Waals surface area contributed by atoms with Gasteiger partial charge >= 0.3 is 0 Å². The van der Waals surface area contributed by atoms with Crippen LogP contribution in [-0.2, 0) is 0 Å². The SMILES string of the molecule is Cc1cccc(Cl)c1[C@H](N)C1CCNCC1. The van der Waals surface area contributed by atoms with E-state index in [1.54, 1.807) is 0 Å². The molecule has 1 aromatic carbocycles. The fraction of sp³-hybridized carbons (Fsp3) is 0.538. The zero-order chi connectivity index (χ0) is 11.5. The monoisotopic (exact) mass is 238 g/mol. The third kappa shape index (κ3) is 2.40. The smallest absolute Gasteiger partial charge is 0.0456 e. The molecule has 1 heterocycles. The van der Waals surface area contributed by atoms with Crippen molar-refractivity contribution in [2.75, 3.05) is 13.1 Å². The Hall–Kier alpha value is -0.570. The summed E-state index contributed by atoms with van der Waals surface area (Å²) in [6, 6.07) is 6.08. The number of benzene rings is 1. The van der Waals surface area contributed by atoms with Gasteiger partial charge in [0, 0.05) is 11.1 Å². The Kier molecular flexibility index (Phi) is 3.85. The summed E-state index contributed by atoms with van der Waals surface area (Å²) in [5.41, 5.74) is 8.70. The molecule has 3 heteroatoms. The van der Waals surface area contributed by atoms with Gasteiger partial charge in [0.15, 0.2) is 0 Å². The lowest BCUT2D eigenvalue weighted by molar-refractivity contribution is 0.321. The Labute approximate surface area is 102 Å². The minimum Gasteiger partial charge on any atom is -0.324 e. The molecule has 0 spiro atoms. The summed E-state index contributed by atoms with van der Waals surface area (Å²) in [5.74, 6) is 0.555. The Balaban J connectivity index is 2.22. The van der Waals surface area contributed by atoms with Crippen molar-refractivity contribution in [1.82, 2.24) is 5.32 Å². The Morgan fingerprint density at radius 3 is 2.69 bits per heavy atom. The molecule has 1 aliphatic heterocycles. The van der Waals surface area contributed by atoms with Crippen LogP contribution in [0.15, 0.2) is 18.2 Å². The topological polar surface area (TPSA) is 38.0 Å². The van der Waals surface area contributed by atoms with Crippen LogP contribution >= 0.6 is 11.6 Å². The lowest BCUT2D eigenvalue weighted by Gasteiger charge is -2.29. The minimum atomic E-state index is 0.0794. The Morgan fingerprint density at radius 2 is 2.06 bits per heavy atom. The van der Waals surface area contributed by atoms with Crippen LogP contribution in [0.3, 0.4) is 0 Å². The highest BCUT2D eigenvalue weighted by atomic mass is 35.5. The molecule has 16 heavy (non-hydrogen) atoms. The maximum atomic E-state index is 6.36. The van der Waals surface area contributed by atoms with Gasteiger partial charge in [-0.15, -0.1) is 0 Å². The normalized spacial score (nSPS) is 19.7. The molecule has 0 bridgehead atoms. The summed E-state index contributed by atoms with van der Waals surface area (Å²) < 4.78 is 0. The van der Waals surface area contributed by atoms with Gasteiger partial charge in [0.1, 0.15) is 0 Å². The molecular weight excluding hydrogens is 220 g/mol. The van der Waals surface area contributed by atoms with Gasteiger partial charge in [-0.1, -0.05) is 23.7 Å². The molecule has 0 aromatic heterocycles. The number of hydrogen-bond acceptors (Lipinski definition) is 2. The lowest BCUT2D eigenvalue weighted by Crippen LogP contribution is -2.34. The van der Waals surface area contributed by atoms with E-state index in [4.69, 9.17) is 17.3 Å². The van der Waals surface area contributed by atoms with E-state index in [0.29, 0.717) is 5.92 Å². The average Bonchev–Trinajstić information content (AvgIpc) is 2.30. The molecule has 88 valence electrons. The van der Waals surface area contributed by atoms with E-state index in [1.807, 2.05) is 12.1 Å². The molecule has 0 unspecified atom stereocenters. The van der Waals surface area contributed by atoms with E-state index >= 15 is 0 Å². The van der Waals surface area contributed by atoms with E-state index in [1.165, 1.54) is 5.56 Å². The van der Waals surface area contributed by atoms with E-state index in [9.17, 15) is 0 Å². The van der Waals surface area contributed by atoms with Gasteiger partial charge in [-0.2, -0.15) is 0 Å².